The summed E-state index contributed by atoms with van der Waals surface area (Å²) in [7, 11) is 3.72. The van der Waals surface area contributed by atoms with E-state index in [0.29, 0.717) is 0 Å². The number of methoxy groups -OCH3 is 1. The van der Waals surface area contributed by atoms with E-state index in [4.69, 9.17) is 4.74 Å². The maximum atomic E-state index is 5.56. The summed E-state index contributed by atoms with van der Waals surface area (Å²) in [5, 5.41) is 3.42. The van der Waals surface area contributed by atoms with Crippen molar-refractivity contribution in [3.8, 4) is 5.75 Å². The van der Waals surface area contributed by atoms with Crippen molar-refractivity contribution in [3.05, 3.63) is 64.2 Å². The van der Waals surface area contributed by atoms with Gasteiger partial charge in [-0.1, -0.05) is 30.3 Å². The smallest absolute Gasteiger partial charge is 0.124 e. The fraction of sp³-hybridized carbons (Fsp3) is 0.333. The predicted octanol–water partition coefficient (Wildman–Crippen LogP) is 3.93. The Hall–Kier alpha value is -1.80. The Kier molecular flexibility index (Phi) is 4.46. The molecular weight excluding hydrogens is 246 g/mol. The first-order valence-corrected chi connectivity index (χ1v) is 6.96. The lowest BCUT2D eigenvalue weighted by molar-refractivity contribution is 0.405. The molecule has 1 N–H and O–H groups in total. The molecule has 2 rings (SSSR count). The molecule has 2 heteroatoms. The molecule has 0 heterocycles. The van der Waals surface area contributed by atoms with E-state index in [1.54, 1.807) is 7.11 Å². The molecule has 2 aromatic carbocycles. The van der Waals surface area contributed by atoms with Gasteiger partial charge < -0.3 is 10.1 Å². The van der Waals surface area contributed by atoms with Gasteiger partial charge in [-0.15, -0.1) is 0 Å². The lowest BCUT2D eigenvalue weighted by atomic mass is 9.92. The molecule has 1 atom stereocenters. The quantitative estimate of drug-likeness (QED) is 0.908. The SMILES string of the molecule is CNC(c1ccc(C)cc1OC)c1cccc(C)c1C. The van der Waals surface area contributed by atoms with E-state index < -0.39 is 0 Å². The van der Waals surface area contributed by atoms with Crippen molar-refractivity contribution in [2.45, 2.75) is 26.8 Å². The van der Waals surface area contributed by atoms with Crippen LogP contribution in [0.4, 0.5) is 0 Å². The standard InChI is InChI=1S/C18H23NO/c1-12-9-10-16(17(11-12)20-5)18(19-4)15-8-6-7-13(2)14(15)3/h6-11,18-19H,1-5H3. The Balaban J connectivity index is 2.55. The molecular formula is C18H23NO. The minimum atomic E-state index is 0.144. The fourth-order valence-electron chi connectivity index (χ4n) is 2.62. The predicted molar refractivity (Wildman–Crippen MR) is 84.5 cm³/mol. The van der Waals surface area contributed by atoms with Crippen molar-refractivity contribution >= 4 is 0 Å². The summed E-state index contributed by atoms with van der Waals surface area (Å²) in [6.07, 6.45) is 0. The topological polar surface area (TPSA) is 21.3 Å². The molecule has 0 amide bonds. The summed E-state index contributed by atoms with van der Waals surface area (Å²) >= 11 is 0. The van der Waals surface area contributed by atoms with Crippen molar-refractivity contribution in [1.29, 1.82) is 0 Å². The van der Waals surface area contributed by atoms with Gasteiger partial charge in [0.1, 0.15) is 5.75 Å². The Bertz CT molecular complexity index is 604. The molecule has 2 nitrogen and oxygen atoms in total. The van der Waals surface area contributed by atoms with Crippen LogP contribution < -0.4 is 10.1 Å². The Morgan fingerprint density at radius 1 is 1.00 bits per heavy atom. The minimum absolute atomic E-state index is 0.144. The van der Waals surface area contributed by atoms with E-state index in [0.717, 1.165) is 5.75 Å². The maximum Gasteiger partial charge on any atom is 0.124 e. The molecule has 0 spiro atoms. The molecule has 106 valence electrons. The van der Waals surface area contributed by atoms with Gasteiger partial charge in [0.2, 0.25) is 0 Å². The Morgan fingerprint density at radius 3 is 2.40 bits per heavy atom. The third-order valence-corrected chi connectivity index (χ3v) is 3.95. The molecule has 1 unspecified atom stereocenters. The normalized spacial score (nSPS) is 12.2. The van der Waals surface area contributed by atoms with E-state index in [1.165, 1.54) is 27.8 Å². The van der Waals surface area contributed by atoms with Crippen LogP contribution in [0.15, 0.2) is 36.4 Å². The average Bonchev–Trinajstić information content (AvgIpc) is 2.45. The van der Waals surface area contributed by atoms with Crippen molar-refractivity contribution < 1.29 is 4.74 Å². The largest absolute Gasteiger partial charge is 0.496 e. The summed E-state index contributed by atoms with van der Waals surface area (Å²) in [5.41, 5.74) is 6.33. The van der Waals surface area contributed by atoms with Crippen LogP contribution in [0, 0.1) is 20.8 Å². The number of aryl methyl sites for hydroxylation is 2. The zero-order chi connectivity index (χ0) is 14.7. The molecule has 0 aromatic heterocycles. The van der Waals surface area contributed by atoms with Crippen LogP contribution in [0.25, 0.3) is 0 Å². The van der Waals surface area contributed by atoms with Gasteiger partial charge >= 0.3 is 0 Å². The lowest BCUT2D eigenvalue weighted by Gasteiger charge is -2.22. The van der Waals surface area contributed by atoms with Crippen molar-refractivity contribution in [2.75, 3.05) is 14.2 Å². The van der Waals surface area contributed by atoms with Gasteiger partial charge in [-0.2, -0.15) is 0 Å². The zero-order valence-corrected chi connectivity index (χ0v) is 12.9. The number of rotatable bonds is 4. The third kappa shape index (κ3) is 2.70. The summed E-state index contributed by atoms with van der Waals surface area (Å²) in [4.78, 5) is 0. The van der Waals surface area contributed by atoms with Gasteiger partial charge in [0.15, 0.2) is 0 Å². The first kappa shape index (κ1) is 14.6. The van der Waals surface area contributed by atoms with E-state index >= 15 is 0 Å². The molecule has 2 aromatic rings. The van der Waals surface area contributed by atoms with E-state index in [9.17, 15) is 0 Å². The second-order valence-electron chi connectivity index (χ2n) is 5.26. The van der Waals surface area contributed by atoms with Gasteiger partial charge in [0.05, 0.1) is 13.2 Å². The minimum Gasteiger partial charge on any atom is -0.496 e. The van der Waals surface area contributed by atoms with Crippen LogP contribution in [0.1, 0.15) is 33.9 Å². The molecule has 0 aliphatic heterocycles. The summed E-state index contributed by atoms with van der Waals surface area (Å²) in [6.45, 7) is 6.41. The summed E-state index contributed by atoms with van der Waals surface area (Å²) in [6, 6.07) is 13.0. The zero-order valence-electron chi connectivity index (χ0n) is 12.9. The van der Waals surface area contributed by atoms with E-state index in [-0.39, 0.29) is 6.04 Å². The van der Waals surface area contributed by atoms with Crippen LogP contribution in [0.5, 0.6) is 5.75 Å². The molecule has 0 radical (unpaired) electrons. The van der Waals surface area contributed by atoms with E-state index in [2.05, 4.69) is 62.5 Å². The van der Waals surface area contributed by atoms with Crippen LogP contribution in [0.2, 0.25) is 0 Å². The van der Waals surface area contributed by atoms with Crippen molar-refractivity contribution in [3.63, 3.8) is 0 Å². The highest BCUT2D eigenvalue weighted by Crippen LogP contribution is 2.32. The highest BCUT2D eigenvalue weighted by molar-refractivity contribution is 5.47. The first-order valence-electron chi connectivity index (χ1n) is 6.96. The average molecular weight is 269 g/mol. The molecule has 0 fully saturated rings. The summed E-state index contributed by atoms with van der Waals surface area (Å²) < 4.78 is 5.56. The number of hydrogen-bond acceptors (Lipinski definition) is 2. The number of nitrogens with one attached hydrogen (secondary N) is 1. The van der Waals surface area contributed by atoms with Gasteiger partial charge in [0, 0.05) is 5.56 Å². The first-order chi connectivity index (χ1) is 9.58. The highest BCUT2D eigenvalue weighted by atomic mass is 16.5. The maximum absolute atomic E-state index is 5.56. The Morgan fingerprint density at radius 2 is 1.75 bits per heavy atom. The van der Waals surface area contributed by atoms with Gasteiger partial charge in [-0.3, -0.25) is 0 Å². The van der Waals surface area contributed by atoms with Gasteiger partial charge in [0.25, 0.3) is 0 Å². The molecule has 0 bridgehead atoms. The molecule has 20 heavy (non-hydrogen) atoms. The molecule has 0 aliphatic carbocycles. The molecule has 0 aliphatic rings. The molecule has 0 saturated heterocycles. The van der Waals surface area contributed by atoms with Crippen LogP contribution in [0.3, 0.4) is 0 Å². The monoisotopic (exact) mass is 269 g/mol. The number of hydrogen-bond donors (Lipinski definition) is 1. The van der Waals surface area contributed by atoms with Crippen LogP contribution in [-0.2, 0) is 0 Å². The molecule has 0 saturated carbocycles. The Labute approximate surface area is 121 Å². The van der Waals surface area contributed by atoms with Crippen LogP contribution >= 0.6 is 0 Å². The van der Waals surface area contributed by atoms with Crippen molar-refractivity contribution in [1.82, 2.24) is 5.32 Å². The highest BCUT2D eigenvalue weighted by Gasteiger charge is 2.18. The second-order valence-corrected chi connectivity index (χ2v) is 5.26. The van der Waals surface area contributed by atoms with Gasteiger partial charge in [-0.25, -0.2) is 0 Å². The van der Waals surface area contributed by atoms with Gasteiger partial charge in [-0.05, 0) is 56.1 Å². The number of benzene rings is 2. The van der Waals surface area contributed by atoms with Crippen molar-refractivity contribution in [2.24, 2.45) is 0 Å². The number of ether oxygens (including phenoxy) is 1. The fourth-order valence-corrected chi connectivity index (χ4v) is 2.62. The van der Waals surface area contributed by atoms with Crippen LogP contribution in [-0.4, -0.2) is 14.2 Å². The second kappa shape index (κ2) is 6.10. The third-order valence-electron chi connectivity index (χ3n) is 3.95. The van der Waals surface area contributed by atoms with E-state index in [1.807, 2.05) is 7.05 Å². The lowest BCUT2D eigenvalue weighted by Crippen LogP contribution is -2.19. The summed E-state index contributed by atoms with van der Waals surface area (Å²) in [5.74, 6) is 0.935.